The molecule has 0 saturated heterocycles. The van der Waals surface area contributed by atoms with Gasteiger partial charge in [0.2, 0.25) is 0 Å². The molecule has 3 atom stereocenters. The minimum Gasteiger partial charge on any atom is -0.490 e. The molecule has 0 amide bonds. The highest BCUT2D eigenvalue weighted by molar-refractivity contribution is 6.31. The number of allylic oxidation sites excluding steroid dienone is 2. The topological polar surface area (TPSA) is 30.5 Å². The number of ether oxygens (including phenoxy) is 2. The van der Waals surface area contributed by atoms with Crippen molar-refractivity contribution in [2.75, 3.05) is 18.5 Å². The largest absolute Gasteiger partial charge is 0.490 e. The van der Waals surface area contributed by atoms with Gasteiger partial charge in [0.25, 0.3) is 0 Å². The number of anilines is 1. The smallest absolute Gasteiger partial charge is 0.142 e. The van der Waals surface area contributed by atoms with Gasteiger partial charge >= 0.3 is 0 Å². The minimum absolute atomic E-state index is 0.150. The molecule has 0 saturated carbocycles. The molecule has 0 radical (unpaired) electrons. The van der Waals surface area contributed by atoms with Crippen molar-refractivity contribution in [3.8, 4) is 11.5 Å². The Balaban J connectivity index is 1.37. The van der Waals surface area contributed by atoms with Gasteiger partial charge in [-0.3, -0.25) is 0 Å². The fourth-order valence-electron chi connectivity index (χ4n) is 4.58. The van der Waals surface area contributed by atoms with Crippen molar-refractivity contribution >= 4 is 17.3 Å². The number of fused-ring (bicyclic) bond motifs is 3. The predicted molar refractivity (Wildman–Crippen MR) is 122 cm³/mol. The number of rotatable bonds is 6. The highest BCUT2D eigenvalue weighted by Crippen LogP contribution is 2.52. The van der Waals surface area contributed by atoms with E-state index in [1.165, 1.54) is 5.56 Å². The summed E-state index contributed by atoms with van der Waals surface area (Å²) < 4.78 is 11.9. The lowest BCUT2D eigenvalue weighted by Crippen LogP contribution is -2.29. The number of benzene rings is 3. The van der Waals surface area contributed by atoms with Gasteiger partial charge in [0.05, 0.1) is 11.7 Å². The lowest BCUT2D eigenvalue weighted by molar-refractivity contribution is 0.217. The van der Waals surface area contributed by atoms with Gasteiger partial charge in [-0.05, 0) is 47.7 Å². The van der Waals surface area contributed by atoms with E-state index in [1.54, 1.807) is 0 Å². The molecule has 3 aromatic rings. The van der Waals surface area contributed by atoms with Crippen LogP contribution in [0.2, 0.25) is 5.02 Å². The van der Waals surface area contributed by atoms with Gasteiger partial charge in [-0.2, -0.15) is 0 Å². The van der Waals surface area contributed by atoms with Crippen molar-refractivity contribution in [3.63, 3.8) is 0 Å². The lowest BCUT2D eigenvalue weighted by atomic mass is 9.77. The summed E-state index contributed by atoms with van der Waals surface area (Å²) in [5.74, 6) is 2.53. The maximum absolute atomic E-state index is 6.57. The zero-order valence-corrected chi connectivity index (χ0v) is 17.4. The van der Waals surface area contributed by atoms with Crippen molar-refractivity contribution in [1.82, 2.24) is 0 Å². The van der Waals surface area contributed by atoms with Crippen LogP contribution >= 0.6 is 11.6 Å². The van der Waals surface area contributed by atoms with Crippen molar-refractivity contribution in [1.29, 1.82) is 0 Å². The molecule has 4 heteroatoms. The van der Waals surface area contributed by atoms with Crippen LogP contribution in [0.25, 0.3) is 0 Å². The molecule has 0 aromatic heterocycles. The summed E-state index contributed by atoms with van der Waals surface area (Å²) >= 11 is 6.57. The summed E-state index contributed by atoms with van der Waals surface area (Å²) in [5, 5.41) is 4.57. The zero-order valence-electron chi connectivity index (χ0n) is 16.6. The molecule has 1 heterocycles. The highest BCUT2D eigenvalue weighted by atomic mass is 35.5. The molecular formula is C26H24ClNO2. The third kappa shape index (κ3) is 3.66. The van der Waals surface area contributed by atoms with Crippen LogP contribution in [0.15, 0.2) is 84.9 Å². The summed E-state index contributed by atoms with van der Waals surface area (Å²) in [7, 11) is 0. The van der Waals surface area contributed by atoms with E-state index in [-0.39, 0.29) is 6.04 Å². The average molecular weight is 418 g/mol. The Morgan fingerprint density at radius 2 is 1.60 bits per heavy atom. The molecule has 0 spiro atoms. The molecule has 0 fully saturated rings. The molecule has 1 aliphatic carbocycles. The van der Waals surface area contributed by atoms with Crippen LogP contribution < -0.4 is 14.8 Å². The minimum atomic E-state index is 0.150. The van der Waals surface area contributed by atoms with Crippen molar-refractivity contribution in [3.05, 3.63) is 101 Å². The van der Waals surface area contributed by atoms with Crippen molar-refractivity contribution < 1.29 is 9.47 Å². The molecule has 5 rings (SSSR count). The Morgan fingerprint density at radius 1 is 0.833 bits per heavy atom. The maximum Gasteiger partial charge on any atom is 0.142 e. The second-order valence-electron chi connectivity index (χ2n) is 7.73. The Morgan fingerprint density at radius 3 is 2.47 bits per heavy atom. The summed E-state index contributed by atoms with van der Waals surface area (Å²) in [4.78, 5) is 0. The van der Waals surface area contributed by atoms with Gasteiger partial charge in [-0.1, -0.05) is 72.3 Å². The molecule has 3 aromatic carbocycles. The maximum atomic E-state index is 6.57. The standard InChI is InChI=1S/C26H24ClNO2/c27-23-14-5-4-10-22(23)25-20-12-6-11-19(20)21-13-7-15-24(26(21)28-25)30-17-16-29-18-8-2-1-3-9-18/h1-11,13-15,19-20,25,28H,12,16-17H2. The number of para-hydroxylation sites is 2. The first-order chi connectivity index (χ1) is 14.8. The number of halogens is 1. The molecule has 2 aliphatic rings. The van der Waals surface area contributed by atoms with E-state index in [0.717, 1.165) is 34.2 Å². The van der Waals surface area contributed by atoms with E-state index in [1.807, 2.05) is 48.5 Å². The third-order valence-electron chi connectivity index (χ3n) is 5.95. The monoisotopic (exact) mass is 417 g/mol. The van der Waals surface area contributed by atoms with E-state index in [0.29, 0.717) is 25.0 Å². The van der Waals surface area contributed by atoms with E-state index in [2.05, 4.69) is 41.7 Å². The molecule has 152 valence electrons. The van der Waals surface area contributed by atoms with E-state index < -0.39 is 0 Å². The van der Waals surface area contributed by atoms with Crippen LogP contribution in [0.3, 0.4) is 0 Å². The SMILES string of the molecule is Clc1ccccc1C1Nc2c(OCCOc3ccccc3)cccc2C2C=CCC21. The van der Waals surface area contributed by atoms with Crippen LogP contribution in [0.5, 0.6) is 11.5 Å². The molecule has 1 aliphatic heterocycles. The van der Waals surface area contributed by atoms with E-state index in [9.17, 15) is 0 Å². The quantitative estimate of drug-likeness (QED) is 0.361. The van der Waals surface area contributed by atoms with E-state index in [4.69, 9.17) is 21.1 Å². The first-order valence-electron chi connectivity index (χ1n) is 10.4. The van der Waals surface area contributed by atoms with Crippen LogP contribution in [-0.4, -0.2) is 13.2 Å². The Bertz CT molecular complexity index is 1050. The normalized spacial score (nSPS) is 21.4. The van der Waals surface area contributed by atoms with Gasteiger partial charge < -0.3 is 14.8 Å². The molecule has 3 unspecified atom stereocenters. The fraction of sp³-hybridized carbons (Fsp3) is 0.231. The van der Waals surface area contributed by atoms with Crippen LogP contribution in [0.4, 0.5) is 5.69 Å². The average Bonchev–Trinajstić information content (AvgIpc) is 3.28. The van der Waals surface area contributed by atoms with Gasteiger partial charge in [-0.15, -0.1) is 0 Å². The molecule has 3 nitrogen and oxygen atoms in total. The molecule has 0 bridgehead atoms. The van der Waals surface area contributed by atoms with Crippen LogP contribution in [0.1, 0.15) is 29.5 Å². The van der Waals surface area contributed by atoms with Gasteiger partial charge in [0, 0.05) is 10.9 Å². The first-order valence-corrected chi connectivity index (χ1v) is 10.8. The fourth-order valence-corrected chi connectivity index (χ4v) is 4.83. The Hall–Kier alpha value is -2.91. The highest BCUT2D eigenvalue weighted by Gasteiger charge is 2.39. The van der Waals surface area contributed by atoms with E-state index >= 15 is 0 Å². The zero-order chi connectivity index (χ0) is 20.3. The second-order valence-corrected chi connectivity index (χ2v) is 8.13. The van der Waals surface area contributed by atoms with Crippen molar-refractivity contribution in [2.24, 2.45) is 5.92 Å². The molecule has 1 N–H and O–H groups in total. The number of hydrogen-bond acceptors (Lipinski definition) is 3. The number of nitrogens with one attached hydrogen (secondary N) is 1. The predicted octanol–water partition coefficient (Wildman–Crippen LogP) is 6.62. The van der Waals surface area contributed by atoms with Gasteiger partial charge in [0.15, 0.2) is 0 Å². The van der Waals surface area contributed by atoms with Crippen LogP contribution in [-0.2, 0) is 0 Å². The Kier molecular flexibility index (Phi) is 5.37. The summed E-state index contributed by atoms with van der Waals surface area (Å²) in [5.41, 5.74) is 3.50. The number of hydrogen-bond donors (Lipinski definition) is 1. The summed E-state index contributed by atoms with van der Waals surface area (Å²) in [6, 6.07) is 24.4. The Labute approximate surface area is 182 Å². The molecular weight excluding hydrogens is 394 g/mol. The van der Waals surface area contributed by atoms with Crippen molar-refractivity contribution in [2.45, 2.75) is 18.4 Å². The van der Waals surface area contributed by atoms with Gasteiger partial charge in [-0.25, -0.2) is 0 Å². The van der Waals surface area contributed by atoms with Crippen LogP contribution in [0, 0.1) is 5.92 Å². The third-order valence-corrected chi connectivity index (χ3v) is 6.30. The first kappa shape index (κ1) is 19.1. The lowest BCUT2D eigenvalue weighted by Gasteiger charge is -2.38. The summed E-state index contributed by atoms with van der Waals surface area (Å²) in [6.45, 7) is 0.974. The van der Waals surface area contributed by atoms with Gasteiger partial charge in [0.1, 0.15) is 24.7 Å². The summed E-state index contributed by atoms with van der Waals surface area (Å²) in [6.07, 6.45) is 5.66. The molecule has 30 heavy (non-hydrogen) atoms. The second kappa shape index (κ2) is 8.45.